The minimum absolute atomic E-state index is 0.216. The fourth-order valence-corrected chi connectivity index (χ4v) is 5.25. The molecule has 0 saturated heterocycles. The first-order chi connectivity index (χ1) is 21.3. The number of benzene rings is 1. The van der Waals surface area contributed by atoms with Crippen molar-refractivity contribution >= 4 is 17.7 Å². The van der Waals surface area contributed by atoms with Crippen molar-refractivity contribution in [2.75, 3.05) is 23.9 Å². The van der Waals surface area contributed by atoms with E-state index < -0.39 is 23.6 Å². The van der Waals surface area contributed by atoms with Crippen molar-refractivity contribution in [3.05, 3.63) is 59.3 Å². The molecule has 1 aliphatic heterocycles. The number of fused-ring (bicyclic) bond motifs is 1. The second-order valence-electron chi connectivity index (χ2n) is 12.1. The largest absolute Gasteiger partial charge is 0.480 e. The monoisotopic (exact) mass is 622 g/mol. The van der Waals surface area contributed by atoms with E-state index in [1.54, 1.807) is 12.1 Å². The molecule has 0 spiro atoms. The van der Waals surface area contributed by atoms with Crippen LogP contribution in [0.25, 0.3) is 22.8 Å². The molecule has 0 bridgehead atoms. The van der Waals surface area contributed by atoms with Gasteiger partial charge in [-0.15, -0.1) is 0 Å². The Hall–Kier alpha value is -4.75. The van der Waals surface area contributed by atoms with Gasteiger partial charge in [-0.25, -0.2) is 29.7 Å². The van der Waals surface area contributed by atoms with Gasteiger partial charge in [-0.3, -0.25) is 4.90 Å². The lowest BCUT2D eigenvalue weighted by Gasteiger charge is -2.24. The summed E-state index contributed by atoms with van der Waals surface area (Å²) in [6.45, 7) is 6.14. The fourth-order valence-electron chi connectivity index (χ4n) is 5.25. The molecule has 1 aliphatic carbocycles. The molecule has 0 atom stereocenters. The number of ether oxygens (including phenoxy) is 2. The Balaban J connectivity index is 1.33. The number of anilines is 2. The van der Waals surface area contributed by atoms with Crippen LogP contribution in [0.1, 0.15) is 62.0 Å². The molecule has 14 heteroatoms. The highest BCUT2D eigenvalue weighted by atomic mass is 19.4. The van der Waals surface area contributed by atoms with Gasteiger partial charge >= 0.3 is 12.3 Å². The summed E-state index contributed by atoms with van der Waals surface area (Å²) >= 11 is 0. The Morgan fingerprint density at radius 2 is 1.80 bits per heavy atom. The van der Waals surface area contributed by atoms with Crippen LogP contribution in [0.15, 0.2) is 36.8 Å². The predicted octanol–water partition coefficient (Wildman–Crippen LogP) is 6.15. The number of methoxy groups -OCH3 is 1. The van der Waals surface area contributed by atoms with Crippen LogP contribution in [0.4, 0.5) is 29.6 Å². The summed E-state index contributed by atoms with van der Waals surface area (Å²) in [6.07, 6.45) is -0.111. The molecule has 4 heterocycles. The second-order valence-corrected chi connectivity index (χ2v) is 12.1. The van der Waals surface area contributed by atoms with Gasteiger partial charge < -0.3 is 19.4 Å². The molecule has 3 aromatic heterocycles. The van der Waals surface area contributed by atoms with Gasteiger partial charge in [0.05, 0.1) is 12.8 Å². The molecule has 1 amide bonds. The van der Waals surface area contributed by atoms with E-state index in [0.29, 0.717) is 54.0 Å². The number of amides is 1. The van der Waals surface area contributed by atoms with Crippen LogP contribution in [-0.4, -0.2) is 54.8 Å². The Kier molecular flexibility index (Phi) is 7.61. The third-order valence-corrected chi connectivity index (χ3v) is 7.50. The van der Waals surface area contributed by atoms with Gasteiger partial charge in [0.15, 0.2) is 11.5 Å². The molecule has 0 unspecified atom stereocenters. The number of aromatic nitrogens is 6. The summed E-state index contributed by atoms with van der Waals surface area (Å²) in [5, 5.41) is 3.39. The number of halogens is 3. The van der Waals surface area contributed by atoms with E-state index in [2.05, 4.69) is 20.3 Å². The van der Waals surface area contributed by atoms with Crippen LogP contribution in [-0.2, 0) is 30.9 Å². The predicted molar refractivity (Wildman–Crippen MR) is 160 cm³/mol. The molecule has 1 aromatic carbocycles. The number of carbonyl (C=O) groups is 1. The molecule has 0 radical (unpaired) electrons. The van der Waals surface area contributed by atoms with E-state index in [4.69, 9.17) is 19.4 Å². The van der Waals surface area contributed by atoms with E-state index in [1.807, 2.05) is 32.9 Å². The molecule has 45 heavy (non-hydrogen) atoms. The smallest absolute Gasteiger partial charge is 0.434 e. The van der Waals surface area contributed by atoms with E-state index in [-0.39, 0.29) is 11.7 Å². The maximum absolute atomic E-state index is 13.2. The van der Waals surface area contributed by atoms with Crippen molar-refractivity contribution in [2.24, 2.45) is 7.05 Å². The zero-order chi connectivity index (χ0) is 32.1. The van der Waals surface area contributed by atoms with Crippen molar-refractivity contribution < 1.29 is 27.4 Å². The molecular formula is C31H33F3N8O3. The van der Waals surface area contributed by atoms with Crippen LogP contribution in [0, 0.1) is 0 Å². The van der Waals surface area contributed by atoms with Crippen LogP contribution in [0.3, 0.4) is 0 Å². The van der Waals surface area contributed by atoms with Gasteiger partial charge in [-0.1, -0.05) is 24.3 Å². The first-order valence-corrected chi connectivity index (χ1v) is 14.6. The minimum Gasteiger partial charge on any atom is -0.480 e. The molecule has 6 rings (SSSR count). The van der Waals surface area contributed by atoms with E-state index >= 15 is 0 Å². The van der Waals surface area contributed by atoms with Gasteiger partial charge in [0.2, 0.25) is 5.88 Å². The molecule has 1 fully saturated rings. The molecule has 4 aromatic rings. The maximum Gasteiger partial charge on any atom is 0.434 e. The van der Waals surface area contributed by atoms with Crippen LogP contribution >= 0.6 is 0 Å². The first kappa shape index (κ1) is 30.3. The molecule has 236 valence electrons. The lowest BCUT2D eigenvalue weighted by molar-refractivity contribution is -0.140. The van der Waals surface area contributed by atoms with Gasteiger partial charge in [0, 0.05) is 43.4 Å². The Bertz CT molecular complexity index is 1740. The summed E-state index contributed by atoms with van der Waals surface area (Å²) in [7, 11) is 3.06. The normalized spacial score (nSPS) is 14.8. The number of hydrogen-bond donors (Lipinski definition) is 1. The molecule has 2 aliphatic rings. The highest BCUT2D eigenvalue weighted by Crippen LogP contribution is 2.46. The average molecular weight is 623 g/mol. The first-order valence-electron chi connectivity index (χ1n) is 14.6. The Morgan fingerprint density at radius 3 is 2.42 bits per heavy atom. The van der Waals surface area contributed by atoms with E-state index in [0.717, 1.165) is 35.9 Å². The van der Waals surface area contributed by atoms with Crippen LogP contribution < -0.4 is 15.0 Å². The van der Waals surface area contributed by atoms with Gasteiger partial charge in [-0.05, 0) is 45.6 Å². The number of rotatable bonds is 7. The highest BCUT2D eigenvalue weighted by Gasteiger charge is 2.37. The van der Waals surface area contributed by atoms with Crippen molar-refractivity contribution in [1.29, 1.82) is 0 Å². The van der Waals surface area contributed by atoms with Crippen LogP contribution in [0.5, 0.6) is 5.88 Å². The lowest BCUT2D eigenvalue weighted by atomic mass is 10.1. The van der Waals surface area contributed by atoms with Crippen molar-refractivity contribution in [2.45, 2.75) is 64.3 Å². The Labute approximate surface area is 257 Å². The fraction of sp³-hybridized carbons (Fsp3) is 0.419. The number of alkyl halides is 3. The number of aryl methyl sites for hydroxylation is 1. The number of nitrogens with zero attached hydrogens (tertiary/aromatic N) is 7. The van der Waals surface area contributed by atoms with Crippen molar-refractivity contribution in [1.82, 2.24) is 29.5 Å². The lowest BCUT2D eigenvalue weighted by Crippen LogP contribution is -2.36. The summed E-state index contributed by atoms with van der Waals surface area (Å²) in [6, 6.07) is 7.10. The number of imidazole rings is 1. The standard InChI is InChI=1S/C31H33F3N8O3/c1-30(2,3)45-29(43)42-13-12-20-24(39-25(40-27(20)42)22-23(18-10-11-18)36-16-37-28(22)44-5)35-14-17-6-8-19(9-7-17)26-38-21(15-41(26)4)31(32,33)34/h6-9,15-16,18H,10-14H2,1-5H3,(H,35,39,40). The number of hydrogen-bond acceptors (Lipinski definition) is 9. The number of carbonyl (C=O) groups excluding carboxylic acids is 1. The molecule has 1 saturated carbocycles. The number of nitrogens with one attached hydrogen (secondary N) is 1. The van der Waals surface area contributed by atoms with Crippen molar-refractivity contribution in [3.63, 3.8) is 0 Å². The average Bonchev–Trinajstić information content (AvgIpc) is 3.61. The highest BCUT2D eigenvalue weighted by molar-refractivity contribution is 5.91. The third-order valence-electron chi connectivity index (χ3n) is 7.50. The summed E-state index contributed by atoms with van der Waals surface area (Å²) in [4.78, 5) is 37.1. The molecular weight excluding hydrogens is 589 g/mol. The quantitative estimate of drug-likeness (QED) is 0.259. The van der Waals surface area contributed by atoms with Crippen molar-refractivity contribution in [3.8, 4) is 28.7 Å². The van der Waals surface area contributed by atoms with E-state index in [1.165, 1.54) is 30.0 Å². The van der Waals surface area contributed by atoms with Gasteiger partial charge in [-0.2, -0.15) is 13.2 Å². The molecule has 11 nitrogen and oxygen atoms in total. The third kappa shape index (κ3) is 6.26. The summed E-state index contributed by atoms with van der Waals surface area (Å²) in [5.41, 5.74) is 1.93. The Morgan fingerprint density at radius 1 is 1.07 bits per heavy atom. The minimum atomic E-state index is -4.52. The van der Waals surface area contributed by atoms with Crippen LogP contribution in [0.2, 0.25) is 0 Å². The summed E-state index contributed by atoms with van der Waals surface area (Å²) < 4.78 is 52.1. The SMILES string of the molecule is COc1ncnc(C2CC2)c1-c1nc(NCc2ccc(-c3nc(C(F)(F)F)cn3C)cc2)c2c(n1)N(C(=O)OC(C)(C)C)CC2. The maximum atomic E-state index is 13.2. The van der Waals surface area contributed by atoms with E-state index in [9.17, 15) is 18.0 Å². The van der Waals surface area contributed by atoms with Gasteiger partial charge in [0.1, 0.15) is 35.0 Å². The topological polar surface area (TPSA) is 120 Å². The zero-order valence-electron chi connectivity index (χ0n) is 25.6. The second kappa shape index (κ2) is 11.3. The summed E-state index contributed by atoms with van der Waals surface area (Å²) in [5.74, 6) is 2.12. The molecule has 1 N–H and O–H groups in total. The zero-order valence-corrected chi connectivity index (χ0v) is 25.6. The van der Waals surface area contributed by atoms with Gasteiger partial charge in [0.25, 0.3) is 0 Å².